The number of hydrogen-bond donors (Lipinski definition) is 2. The molecule has 0 spiro atoms. The van der Waals surface area contributed by atoms with E-state index in [4.69, 9.17) is 0 Å². The molecule has 0 unspecified atom stereocenters. The van der Waals surface area contributed by atoms with Crippen molar-refractivity contribution in [3.05, 3.63) is 0 Å². The number of hydrogen-bond acceptors (Lipinski definition) is 2. The van der Waals surface area contributed by atoms with Gasteiger partial charge in [-0.15, -0.1) is 0 Å². The van der Waals surface area contributed by atoms with Gasteiger partial charge >= 0.3 is 0 Å². The van der Waals surface area contributed by atoms with Crippen LogP contribution in [0.15, 0.2) is 0 Å². The van der Waals surface area contributed by atoms with Crippen LogP contribution < -0.4 is 10.6 Å². The average Bonchev–Trinajstić information content (AvgIpc) is 2.31. The van der Waals surface area contributed by atoms with Crippen molar-refractivity contribution in [1.29, 1.82) is 0 Å². The first-order valence-electron chi connectivity index (χ1n) is 6.47. The molecule has 15 heavy (non-hydrogen) atoms. The van der Waals surface area contributed by atoms with Crippen LogP contribution in [0.4, 0.5) is 0 Å². The first-order chi connectivity index (χ1) is 7.24. The Balaban J connectivity index is 1.89. The molecule has 0 radical (unpaired) electrons. The monoisotopic (exact) mass is 212 g/mol. The van der Waals surface area contributed by atoms with Gasteiger partial charge in [0.05, 0.1) is 26.2 Å². The highest BCUT2D eigenvalue weighted by molar-refractivity contribution is 4.75. The Morgan fingerprint density at radius 1 is 1.07 bits per heavy atom. The van der Waals surface area contributed by atoms with Crippen molar-refractivity contribution in [1.82, 2.24) is 10.6 Å². The summed E-state index contributed by atoms with van der Waals surface area (Å²) in [5.41, 5.74) is 0. The summed E-state index contributed by atoms with van der Waals surface area (Å²) in [4.78, 5) is 0. The summed E-state index contributed by atoms with van der Waals surface area (Å²) < 4.78 is 1.33. The second-order valence-corrected chi connectivity index (χ2v) is 5.47. The lowest BCUT2D eigenvalue weighted by Crippen LogP contribution is -2.60. The first-order valence-corrected chi connectivity index (χ1v) is 6.47. The summed E-state index contributed by atoms with van der Waals surface area (Å²) in [5, 5.41) is 6.89. The van der Waals surface area contributed by atoms with Gasteiger partial charge in [-0.3, -0.25) is 0 Å². The van der Waals surface area contributed by atoms with E-state index in [1.54, 1.807) is 0 Å². The molecule has 0 atom stereocenters. The molecular weight excluding hydrogens is 186 g/mol. The maximum absolute atomic E-state index is 3.47. The van der Waals surface area contributed by atoms with Crippen LogP contribution in [-0.4, -0.2) is 56.8 Å². The van der Waals surface area contributed by atoms with Gasteiger partial charge < -0.3 is 15.1 Å². The molecule has 0 aromatic rings. The molecule has 0 bridgehead atoms. The van der Waals surface area contributed by atoms with E-state index in [0.717, 1.165) is 12.1 Å². The number of piperidine rings is 2. The zero-order valence-corrected chi connectivity index (χ0v) is 10.3. The third-order valence-electron chi connectivity index (χ3n) is 4.58. The van der Waals surface area contributed by atoms with E-state index >= 15 is 0 Å². The fraction of sp³-hybridized carbons (Fsp3) is 1.00. The SMILES string of the molecule is CNC1CC[N+](C)(C2CCNCC2)CC1. The van der Waals surface area contributed by atoms with Gasteiger partial charge in [-0.2, -0.15) is 0 Å². The molecule has 88 valence electrons. The van der Waals surface area contributed by atoms with Crippen LogP contribution in [0, 0.1) is 0 Å². The predicted octanol–water partition coefficient (Wildman–Crippen LogP) is 0.567. The van der Waals surface area contributed by atoms with Gasteiger partial charge in [-0.25, -0.2) is 0 Å². The van der Waals surface area contributed by atoms with Gasteiger partial charge in [0.15, 0.2) is 0 Å². The summed E-state index contributed by atoms with van der Waals surface area (Å²) in [5.74, 6) is 0. The summed E-state index contributed by atoms with van der Waals surface area (Å²) >= 11 is 0. The molecule has 2 fully saturated rings. The summed E-state index contributed by atoms with van der Waals surface area (Å²) in [6.45, 7) is 5.20. The van der Waals surface area contributed by atoms with Crippen molar-refractivity contribution < 1.29 is 4.48 Å². The lowest BCUT2D eigenvalue weighted by molar-refractivity contribution is -0.938. The second-order valence-electron chi connectivity index (χ2n) is 5.47. The highest BCUT2D eigenvalue weighted by atomic mass is 15.4. The summed E-state index contributed by atoms with van der Waals surface area (Å²) in [7, 11) is 4.58. The van der Waals surface area contributed by atoms with Crippen LogP contribution in [0.3, 0.4) is 0 Å². The molecule has 0 amide bonds. The number of likely N-dealkylation sites (tertiary alicyclic amines) is 1. The lowest BCUT2D eigenvalue weighted by atomic mass is 9.95. The molecule has 0 saturated carbocycles. The highest BCUT2D eigenvalue weighted by Gasteiger charge is 2.36. The van der Waals surface area contributed by atoms with Crippen LogP contribution in [0.25, 0.3) is 0 Å². The largest absolute Gasteiger partial charge is 0.323 e. The highest BCUT2D eigenvalue weighted by Crippen LogP contribution is 2.25. The van der Waals surface area contributed by atoms with E-state index < -0.39 is 0 Å². The first kappa shape index (κ1) is 11.4. The molecule has 0 aliphatic carbocycles. The lowest BCUT2D eigenvalue weighted by Gasteiger charge is -2.47. The van der Waals surface area contributed by atoms with Crippen molar-refractivity contribution in [3.8, 4) is 0 Å². The van der Waals surface area contributed by atoms with Crippen LogP contribution in [0.2, 0.25) is 0 Å². The molecule has 2 saturated heterocycles. The van der Waals surface area contributed by atoms with Crippen LogP contribution in [0.1, 0.15) is 25.7 Å². The van der Waals surface area contributed by atoms with Crippen molar-refractivity contribution in [2.24, 2.45) is 0 Å². The van der Waals surface area contributed by atoms with Crippen molar-refractivity contribution >= 4 is 0 Å². The fourth-order valence-electron chi connectivity index (χ4n) is 3.24. The molecule has 3 nitrogen and oxygen atoms in total. The number of quaternary nitrogens is 1. The van der Waals surface area contributed by atoms with E-state index in [0.29, 0.717) is 0 Å². The Labute approximate surface area is 93.8 Å². The Kier molecular flexibility index (Phi) is 3.65. The molecule has 0 aromatic heterocycles. The van der Waals surface area contributed by atoms with Crippen molar-refractivity contribution in [2.45, 2.75) is 37.8 Å². The Morgan fingerprint density at radius 2 is 1.67 bits per heavy atom. The Hall–Kier alpha value is -0.120. The molecule has 2 N–H and O–H groups in total. The van der Waals surface area contributed by atoms with E-state index in [-0.39, 0.29) is 0 Å². The van der Waals surface area contributed by atoms with E-state index in [9.17, 15) is 0 Å². The zero-order chi connectivity index (χ0) is 10.7. The third kappa shape index (κ3) is 2.52. The molecule has 2 aliphatic heterocycles. The quantitative estimate of drug-likeness (QED) is 0.654. The normalized spacial score (nSPS) is 39.2. The summed E-state index contributed by atoms with van der Waals surface area (Å²) in [6, 6.07) is 1.70. The molecule has 2 rings (SSSR count). The van der Waals surface area contributed by atoms with Crippen LogP contribution in [-0.2, 0) is 0 Å². The minimum absolute atomic E-state index is 0.776. The minimum Gasteiger partial charge on any atom is -0.323 e. The fourth-order valence-corrected chi connectivity index (χ4v) is 3.24. The van der Waals surface area contributed by atoms with Gasteiger partial charge in [0, 0.05) is 44.8 Å². The van der Waals surface area contributed by atoms with E-state index in [2.05, 4.69) is 24.7 Å². The maximum atomic E-state index is 3.47. The molecule has 0 aromatic carbocycles. The predicted molar refractivity (Wildman–Crippen MR) is 63.9 cm³/mol. The second kappa shape index (κ2) is 4.81. The van der Waals surface area contributed by atoms with Gasteiger partial charge in [0.25, 0.3) is 0 Å². The van der Waals surface area contributed by atoms with E-state index in [1.165, 1.54) is 56.3 Å². The topological polar surface area (TPSA) is 24.1 Å². The smallest absolute Gasteiger partial charge is 0.0912 e. The standard InChI is InChI=1S/C12H26N3/c1-13-11-5-9-15(2,10-6-11)12-3-7-14-8-4-12/h11-14H,3-10H2,1-2H3/q+1. The third-order valence-corrected chi connectivity index (χ3v) is 4.58. The molecule has 2 aliphatic rings. The van der Waals surface area contributed by atoms with Crippen molar-refractivity contribution in [2.75, 3.05) is 40.3 Å². The zero-order valence-electron chi connectivity index (χ0n) is 10.3. The molecule has 2 heterocycles. The molecular formula is C12H26N3+. The molecule has 3 heteroatoms. The number of nitrogens with zero attached hydrogens (tertiary/aromatic N) is 1. The summed E-state index contributed by atoms with van der Waals surface area (Å²) in [6.07, 6.45) is 5.47. The van der Waals surface area contributed by atoms with Gasteiger partial charge in [-0.05, 0) is 7.05 Å². The van der Waals surface area contributed by atoms with Gasteiger partial charge in [0.1, 0.15) is 0 Å². The van der Waals surface area contributed by atoms with Crippen LogP contribution >= 0.6 is 0 Å². The van der Waals surface area contributed by atoms with Gasteiger partial charge in [0.2, 0.25) is 0 Å². The Morgan fingerprint density at radius 3 is 2.20 bits per heavy atom. The van der Waals surface area contributed by atoms with Gasteiger partial charge in [-0.1, -0.05) is 0 Å². The van der Waals surface area contributed by atoms with Crippen LogP contribution in [0.5, 0.6) is 0 Å². The minimum atomic E-state index is 0.776. The van der Waals surface area contributed by atoms with Crippen molar-refractivity contribution in [3.63, 3.8) is 0 Å². The number of nitrogens with one attached hydrogen (secondary N) is 2. The number of rotatable bonds is 2. The maximum Gasteiger partial charge on any atom is 0.0912 e. The average molecular weight is 212 g/mol. The Bertz CT molecular complexity index is 191. The van der Waals surface area contributed by atoms with E-state index in [1.807, 2.05) is 0 Å².